The Balaban J connectivity index is 1.50. The van der Waals surface area contributed by atoms with Gasteiger partial charge in [0.15, 0.2) is 6.61 Å². The lowest BCUT2D eigenvalue weighted by Crippen LogP contribution is -2.50. The number of esters is 1. The first-order valence-corrected chi connectivity index (χ1v) is 9.68. The van der Waals surface area contributed by atoms with Crippen molar-refractivity contribution >= 4 is 33.9 Å². The number of amides is 1. The van der Waals surface area contributed by atoms with Crippen LogP contribution in [0.5, 0.6) is 0 Å². The smallest absolute Gasteiger partial charge is 0.349 e. The number of aryl methyl sites for hydroxylation is 1. The number of hydrogen-bond donors (Lipinski definition) is 0. The van der Waals surface area contributed by atoms with Crippen molar-refractivity contribution in [1.82, 2.24) is 4.90 Å². The fourth-order valence-corrected chi connectivity index (χ4v) is 3.81. The molecule has 0 bridgehead atoms. The first-order valence-electron chi connectivity index (χ1n) is 8.87. The second-order valence-electron chi connectivity index (χ2n) is 6.56. The molecule has 2 aromatic rings. The van der Waals surface area contributed by atoms with E-state index >= 15 is 0 Å². The number of thiophene rings is 1. The maximum absolute atomic E-state index is 12.3. The summed E-state index contributed by atoms with van der Waals surface area (Å²) in [5.74, 6) is -0.986. The van der Waals surface area contributed by atoms with Gasteiger partial charge in [0.05, 0.1) is 4.92 Å². The zero-order valence-electron chi connectivity index (χ0n) is 15.7. The van der Waals surface area contributed by atoms with Crippen molar-refractivity contribution in [2.45, 2.75) is 13.8 Å². The van der Waals surface area contributed by atoms with Gasteiger partial charge in [0.1, 0.15) is 4.88 Å². The molecule has 1 saturated heterocycles. The monoisotopic (exact) mass is 403 g/mol. The van der Waals surface area contributed by atoms with E-state index in [4.69, 9.17) is 4.74 Å². The van der Waals surface area contributed by atoms with Gasteiger partial charge in [-0.3, -0.25) is 14.9 Å². The van der Waals surface area contributed by atoms with Crippen LogP contribution in [0.3, 0.4) is 0 Å². The van der Waals surface area contributed by atoms with E-state index < -0.39 is 10.9 Å². The minimum absolute atomic E-state index is 0.110. The fraction of sp³-hybridized carbons (Fsp3) is 0.368. The Hall–Kier alpha value is -2.94. The van der Waals surface area contributed by atoms with Crippen LogP contribution in [0, 0.1) is 24.0 Å². The van der Waals surface area contributed by atoms with Crippen molar-refractivity contribution < 1.29 is 19.2 Å². The van der Waals surface area contributed by atoms with Crippen LogP contribution in [-0.2, 0) is 9.53 Å². The van der Waals surface area contributed by atoms with Crippen molar-refractivity contribution in [2.24, 2.45) is 0 Å². The molecule has 0 N–H and O–H groups in total. The molecule has 148 valence electrons. The molecule has 1 fully saturated rings. The Kier molecular flexibility index (Phi) is 5.93. The van der Waals surface area contributed by atoms with Gasteiger partial charge in [-0.05, 0) is 37.1 Å². The SMILES string of the molecule is Cc1cccc(N2CCN(C(=O)COC(=O)c3ccc([N+](=O)[O-])s3)CC2)c1C. The molecule has 1 aromatic heterocycles. The van der Waals surface area contributed by atoms with E-state index in [0.717, 1.165) is 11.3 Å². The predicted octanol–water partition coefficient (Wildman–Crippen LogP) is 2.78. The summed E-state index contributed by atoms with van der Waals surface area (Å²) in [5.41, 5.74) is 3.65. The van der Waals surface area contributed by atoms with E-state index in [9.17, 15) is 19.7 Å². The van der Waals surface area contributed by atoms with Gasteiger partial charge < -0.3 is 14.5 Å². The minimum atomic E-state index is -0.722. The van der Waals surface area contributed by atoms with Crippen LogP contribution >= 0.6 is 11.3 Å². The zero-order valence-corrected chi connectivity index (χ0v) is 16.5. The number of nitrogens with zero attached hydrogens (tertiary/aromatic N) is 3. The van der Waals surface area contributed by atoms with Gasteiger partial charge in [0.2, 0.25) is 0 Å². The standard InChI is InChI=1S/C19H21N3O5S/c1-13-4-3-5-15(14(13)2)20-8-10-21(11-9-20)17(23)12-27-19(24)16-6-7-18(28-16)22(25)26/h3-7H,8-12H2,1-2H3. The van der Waals surface area contributed by atoms with Gasteiger partial charge in [-0.25, -0.2) is 4.79 Å². The second-order valence-corrected chi connectivity index (χ2v) is 7.62. The van der Waals surface area contributed by atoms with Crippen molar-refractivity contribution in [3.05, 3.63) is 56.5 Å². The van der Waals surface area contributed by atoms with Crippen LogP contribution in [0.15, 0.2) is 30.3 Å². The summed E-state index contributed by atoms with van der Waals surface area (Å²) in [6.07, 6.45) is 0. The van der Waals surface area contributed by atoms with Crippen LogP contribution in [-0.4, -0.2) is 54.5 Å². The van der Waals surface area contributed by atoms with Crippen LogP contribution < -0.4 is 4.90 Å². The lowest BCUT2D eigenvalue weighted by Gasteiger charge is -2.37. The van der Waals surface area contributed by atoms with Crippen LogP contribution in [0.25, 0.3) is 0 Å². The third kappa shape index (κ3) is 4.30. The van der Waals surface area contributed by atoms with Gasteiger partial charge in [-0.2, -0.15) is 0 Å². The molecule has 3 rings (SSSR count). The van der Waals surface area contributed by atoms with Gasteiger partial charge in [0.25, 0.3) is 5.91 Å². The normalized spacial score (nSPS) is 14.1. The molecule has 8 nitrogen and oxygen atoms in total. The van der Waals surface area contributed by atoms with Crippen LogP contribution in [0.1, 0.15) is 20.8 Å². The van der Waals surface area contributed by atoms with Crippen LogP contribution in [0.4, 0.5) is 10.7 Å². The number of rotatable bonds is 5. The number of piperazine rings is 1. The van der Waals surface area contributed by atoms with Gasteiger partial charge >= 0.3 is 11.0 Å². The lowest BCUT2D eigenvalue weighted by molar-refractivity contribution is -0.380. The van der Waals surface area contributed by atoms with E-state index in [1.54, 1.807) is 4.90 Å². The molecular formula is C19H21N3O5S. The highest BCUT2D eigenvalue weighted by molar-refractivity contribution is 7.17. The summed E-state index contributed by atoms with van der Waals surface area (Å²) in [6.45, 7) is 6.32. The summed E-state index contributed by atoms with van der Waals surface area (Å²) >= 11 is 0.732. The second kappa shape index (κ2) is 8.39. The molecule has 28 heavy (non-hydrogen) atoms. The number of ether oxygens (including phenoxy) is 1. The number of anilines is 1. The van der Waals surface area contributed by atoms with Crippen LogP contribution in [0.2, 0.25) is 0 Å². The van der Waals surface area contributed by atoms with Crippen molar-refractivity contribution in [2.75, 3.05) is 37.7 Å². The first-order chi connectivity index (χ1) is 13.4. The number of nitro groups is 1. The third-order valence-corrected chi connectivity index (χ3v) is 5.87. The Morgan fingerprint density at radius 1 is 1.14 bits per heavy atom. The Bertz CT molecular complexity index is 903. The molecule has 0 saturated carbocycles. The summed E-state index contributed by atoms with van der Waals surface area (Å²) in [6, 6.07) is 8.77. The molecule has 0 atom stereocenters. The Morgan fingerprint density at radius 2 is 1.86 bits per heavy atom. The summed E-state index contributed by atoms with van der Waals surface area (Å²) in [7, 11) is 0. The van der Waals surface area contributed by atoms with Gasteiger partial charge in [-0.15, -0.1) is 0 Å². The molecular weight excluding hydrogens is 382 g/mol. The predicted molar refractivity (Wildman–Crippen MR) is 106 cm³/mol. The van der Waals surface area contributed by atoms with Crippen molar-refractivity contribution in [3.63, 3.8) is 0 Å². The molecule has 0 spiro atoms. The topological polar surface area (TPSA) is 93.0 Å². The fourth-order valence-electron chi connectivity index (χ4n) is 3.10. The summed E-state index contributed by atoms with van der Waals surface area (Å²) in [4.78, 5) is 38.4. The van der Waals surface area contributed by atoms with E-state index in [0.29, 0.717) is 26.2 Å². The van der Waals surface area contributed by atoms with Crippen molar-refractivity contribution in [1.29, 1.82) is 0 Å². The van der Waals surface area contributed by atoms with Gasteiger partial charge in [0, 0.05) is 37.9 Å². The number of benzene rings is 1. The maximum atomic E-state index is 12.3. The summed E-state index contributed by atoms with van der Waals surface area (Å²) in [5, 5.41) is 10.5. The van der Waals surface area contributed by atoms with E-state index in [2.05, 4.69) is 30.9 Å². The molecule has 0 aliphatic carbocycles. The zero-order chi connectivity index (χ0) is 20.3. The molecule has 1 aromatic carbocycles. The molecule has 1 aliphatic heterocycles. The average molecular weight is 403 g/mol. The largest absolute Gasteiger partial charge is 0.451 e. The highest BCUT2D eigenvalue weighted by Crippen LogP contribution is 2.25. The Morgan fingerprint density at radius 3 is 2.50 bits per heavy atom. The summed E-state index contributed by atoms with van der Waals surface area (Å²) < 4.78 is 5.03. The van der Waals surface area contributed by atoms with E-state index in [1.165, 1.54) is 28.9 Å². The molecule has 1 aliphatic rings. The molecule has 0 radical (unpaired) electrons. The molecule has 1 amide bonds. The highest BCUT2D eigenvalue weighted by atomic mass is 32.1. The average Bonchev–Trinajstić information content (AvgIpc) is 3.19. The maximum Gasteiger partial charge on any atom is 0.349 e. The molecule has 2 heterocycles. The van der Waals surface area contributed by atoms with Gasteiger partial charge in [-0.1, -0.05) is 23.5 Å². The molecule has 9 heteroatoms. The number of carbonyl (C=O) groups is 2. The molecule has 0 unspecified atom stereocenters. The first kappa shape index (κ1) is 19.8. The lowest BCUT2D eigenvalue weighted by atomic mass is 10.1. The van der Waals surface area contributed by atoms with E-state index in [-0.39, 0.29) is 22.4 Å². The Labute approximate surface area is 166 Å². The highest BCUT2D eigenvalue weighted by Gasteiger charge is 2.24. The minimum Gasteiger partial charge on any atom is -0.451 e. The quantitative estimate of drug-likeness (QED) is 0.433. The third-order valence-electron chi connectivity index (χ3n) is 4.85. The van der Waals surface area contributed by atoms with E-state index in [1.807, 2.05) is 6.07 Å². The number of carbonyl (C=O) groups excluding carboxylic acids is 2. The number of hydrogen-bond acceptors (Lipinski definition) is 7. The van der Waals surface area contributed by atoms with Crippen molar-refractivity contribution in [3.8, 4) is 0 Å².